The number of hydrogen-bond donors (Lipinski definition) is 2. The highest BCUT2D eigenvalue weighted by Crippen LogP contribution is 2.08. The van der Waals surface area contributed by atoms with Crippen LogP contribution in [0, 0.1) is 18.3 Å². The molecule has 0 saturated heterocycles. The second-order valence-electron chi connectivity index (χ2n) is 3.68. The molecule has 6 heteroatoms. The fourth-order valence-electron chi connectivity index (χ4n) is 1.52. The fourth-order valence-corrected chi connectivity index (χ4v) is 1.52. The number of nitriles is 1. The Balaban J connectivity index is 2.95. The molecule has 1 rings (SSSR count). The van der Waals surface area contributed by atoms with E-state index in [2.05, 4.69) is 4.98 Å². The molecule has 0 spiro atoms. The van der Waals surface area contributed by atoms with E-state index in [0.29, 0.717) is 11.3 Å². The van der Waals surface area contributed by atoms with Crippen LogP contribution in [0.1, 0.15) is 21.7 Å². The zero-order chi connectivity index (χ0) is 13.5. The predicted octanol–water partition coefficient (Wildman–Crippen LogP) is -0.312. The van der Waals surface area contributed by atoms with Crippen LogP contribution in [-0.2, 0) is 0 Å². The van der Waals surface area contributed by atoms with Crippen molar-refractivity contribution in [3.8, 4) is 6.07 Å². The van der Waals surface area contributed by atoms with Gasteiger partial charge in [-0.2, -0.15) is 5.26 Å². The van der Waals surface area contributed by atoms with Crippen LogP contribution in [0.3, 0.4) is 0 Å². The summed E-state index contributed by atoms with van der Waals surface area (Å²) in [6, 6.07) is 4.97. The molecule has 0 atom stereocenters. The summed E-state index contributed by atoms with van der Waals surface area (Å²) in [5.74, 6) is -0.370. The van der Waals surface area contributed by atoms with Gasteiger partial charge >= 0.3 is 0 Å². The Morgan fingerprint density at radius 1 is 1.39 bits per heavy atom. The van der Waals surface area contributed by atoms with Crippen molar-refractivity contribution in [2.75, 3.05) is 26.3 Å². The molecule has 1 heterocycles. The van der Waals surface area contributed by atoms with Gasteiger partial charge in [0.1, 0.15) is 11.8 Å². The van der Waals surface area contributed by atoms with Crippen LogP contribution in [0.5, 0.6) is 0 Å². The van der Waals surface area contributed by atoms with Crippen LogP contribution in [0.15, 0.2) is 12.1 Å². The fraction of sp³-hybridized carbons (Fsp3) is 0.417. The molecule has 0 fully saturated rings. The van der Waals surface area contributed by atoms with Gasteiger partial charge in [-0.05, 0) is 19.1 Å². The Bertz CT molecular complexity index is 462. The molecule has 0 saturated carbocycles. The first-order chi connectivity index (χ1) is 8.63. The highest BCUT2D eigenvalue weighted by molar-refractivity contribution is 5.92. The Labute approximate surface area is 105 Å². The first-order valence-corrected chi connectivity index (χ1v) is 5.52. The van der Waals surface area contributed by atoms with Crippen LogP contribution < -0.4 is 0 Å². The number of aliphatic hydroxyl groups excluding tert-OH is 2. The Morgan fingerprint density at radius 2 is 2.00 bits per heavy atom. The van der Waals surface area contributed by atoms with Crippen LogP contribution in [0.25, 0.3) is 0 Å². The number of carbonyl (C=O) groups excluding carboxylic acids is 1. The molecule has 0 aliphatic carbocycles. The van der Waals surface area contributed by atoms with E-state index in [1.807, 2.05) is 6.07 Å². The maximum atomic E-state index is 12.0. The summed E-state index contributed by atoms with van der Waals surface area (Å²) in [6.45, 7) is 1.57. The molecule has 0 bridgehead atoms. The van der Waals surface area contributed by atoms with Crippen molar-refractivity contribution in [1.82, 2.24) is 9.88 Å². The van der Waals surface area contributed by atoms with E-state index in [9.17, 15) is 4.79 Å². The predicted molar refractivity (Wildman–Crippen MR) is 63.8 cm³/mol. The van der Waals surface area contributed by atoms with Gasteiger partial charge in [-0.1, -0.05) is 0 Å². The zero-order valence-corrected chi connectivity index (χ0v) is 10.1. The number of aryl methyl sites for hydroxylation is 1. The van der Waals surface area contributed by atoms with Gasteiger partial charge in [-0.3, -0.25) is 4.79 Å². The molecule has 0 aliphatic heterocycles. The average molecular weight is 249 g/mol. The SMILES string of the molecule is Cc1nc(C(=O)N(CCO)CCO)ccc1C#N. The van der Waals surface area contributed by atoms with Crippen molar-refractivity contribution in [2.24, 2.45) is 0 Å². The van der Waals surface area contributed by atoms with E-state index in [0.717, 1.165) is 0 Å². The number of hydrogen-bond acceptors (Lipinski definition) is 5. The van der Waals surface area contributed by atoms with E-state index >= 15 is 0 Å². The molecule has 6 nitrogen and oxygen atoms in total. The number of aliphatic hydroxyl groups is 2. The summed E-state index contributed by atoms with van der Waals surface area (Å²) < 4.78 is 0. The normalized spacial score (nSPS) is 9.89. The largest absolute Gasteiger partial charge is 0.395 e. The molecule has 1 aromatic rings. The molecule has 18 heavy (non-hydrogen) atoms. The minimum Gasteiger partial charge on any atom is -0.395 e. The molecule has 1 aromatic heterocycles. The van der Waals surface area contributed by atoms with E-state index in [1.54, 1.807) is 6.92 Å². The van der Waals surface area contributed by atoms with Crippen LogP contribution in [0.2, 0.25) is 0 Å². The first-order valence-electron chi connectivity index (χ1n) is 5.52. The topological polar surface area (TPSA) is 97.5 Å². The van der Waals surface area contributed by atoms with Crippen molar-refractivity contribution >= 4 is 5.91 Å². The van der Waals surface area contributed by atoms with E-state index < -0.39 is 0 Å². The summed E-state index contributed by atoms with van der Waals surface area (Å²) in [4.78, 5) is 17.4. The standard InChI is InChI=1S/C12H15N3O3/c1-9-10(8-13)2-3-11(14-9)12(18)15(4-6-16)5-7-17/h2-3,16-17H,4-7H2,1H3. The molecule has 96 valence electrons. The van der Waals surface area contributed by atoms with Crippen molar-refractivity contribution < 1.29 is 15.0 Å². The highest BCUT2D eigenvalue weighted by Gasteiger charge is 2.16. The van der Waals surface area contributed by atoms with Gasteiger partial charge < -0.3 is 15.1 Å². The van der Waals surface area contributed by atoms with Crippen molar-refractivity contribution in [2.45, 2.75) is 6.92 Å². The van der Waals surface area contributed by atoms with Gasteiger partial charge in [-0.15, -0.1) is 0 Å². The number of pyridine rings is 1. The maximum absolute atomic E-state index is 12.0. The zero-order valence-electron chi connectivity index (χ0n) is 10.1. The lowest BCUT2D eigenvalue weighted by molar-refractivity contribution is 0.0679. The molecule has 1 amide bonds. The molecular formula is C12H15N3O3. The third-order valence-electron chi connectivity index (χ3n) is 2.45. The van der Waals surface area contributed by atoms with Gasteiger partial charge in [0.05, 0.1) is 24.5 Å². The summed E-state index contributed by atoms with van der Waals surface area (Å²) in [6.07, 6.45) is 0. The summed E-state index contributed by atoms with van der Waals surface area (Å²) in [5, 5.41) is 26.5. The van der Waals surface area contributed by atoms with Crippen molar-refractivity contribution in [3.63, 3.8) is 0 Å². The van der Waals surface area contributed by atoms with E-state index in [1.165, 1.54) is 17.0 Å². The van der Waals surface area contributed by atoms with Gasteiger partial charge in [0, 0.05) is 13.1 Å². The Morgan fingerprint density at radius 3 is 2.44 bits per heavy atom. The number of rotatable bonds is 5. The van der Waals surface area contributed by atoms with Crippen LogP contribution >= 0.6 is 0 Å². The minimum atomic E-state index is -0.370. The number of amides is 1. The molecule has 0 radical (unpaired) electrons. The minimum absolute atomic E-state index is 0.139. The molecule has 0 unspecified atom stereocenters. The summed E-state index contributed by atoms with van der Waals surface area (Å²) in [7, 11) is 0. The van der Waals surface area contributed by atoms with E-state index in [-0.39, 0.29) is 37.9 Å². The van der Waals surface area contributed by atoms with Gasteiger partial charge in [-0.25, -0.2) is 4.98 Å². The number of nitrogens with zero attached hydrogens (tertiary/aromatic N) is 3. The maximum Gasteiger partial charge on any atom is 0.272 e. The first kappa shape index (κ1) is 14.1. The van der Waals surface area contributed by atoms with E-state index in [4.69, 9.17) is 15.5 Å². The lowest BCUT2D eigenvalue weighted by atomic mass is 10.2. The second kappa shape index (κ2) is 6.69. The lowest BCUT2D eigenvalue weighted by Crippen LogP contribution is -2.36. The van der Waals surface area contributed by atoms with Gasteiger partial charge in [0.25, 0.3) is 5.91 Å². The third-order valence-corrected chi connectivity index (χ3v) is 2.45. The monoisotopic (exact) mass is 249 g/mol. The Kier molecular flexibility index (Phi) is 5.24. The Hall–Kier alpha value is -1.97. The van der Waals surface area contributed by atoms with Gasteiger partial charge in [0.2, 0.25) is 0 Å². The average Bonchev–Trinajstić information content (AvgIpc) is 2.37. The molecule has 0 aliphatic rings. The van der Waals surface area contributed by atoms with Gasteiger partial charge in [0.15, 0.2) is 0 Å². The van der Waals surface area contributed by atoms with Crippen LogP contribution in [-0.4, -0.2) is 52.3 Å². The molecular weight excluding hydrogens is 234 g/mol. The van der Waals surface area contributed by atoms with Crippen molar-refractivity contribution in [1.29, 1.82) is 5.26 Å². The quantitative estimate of drug-likeness (QED) is 0.746. The third kappa shape index (κ3) is 3.26. The highest BCUT2D eigenvalue weighted by atomic mass is 16.3. The van der Waals surface area contributed by atoms with Crippen LogP contribution in [0.4, 0.5) is 0 Å². The lowest BCUT2D eigenvalue weighted by Gasteiger charge is -2.20. The smallest absolute Gasteiger partial charge is 0.272 e. The van der Waals surface area contributed by atoms with Crippen molar-refractivity contribution in [3.05, 3.63) is 29.1 Å². The number of aromatic nitrogens is 1. The molecule has 0 aromatic carbocycles. The second-order valence-corrected chi connectivity index (χ2v) is 3.68. The summed E-state index contributed by atoms with van der Waals surface area (Å²) in [5.41, 5.74) is 1.10. The number of carbonyl (C=O) groups is 1. The molecule has 2 N–H and O–H groups in total. The summed E-state index contributed by atoms with van der Waals surface area (Å²) >= 11 is 0.